The van der Waals surface area contributed by atoms with Crippen LogP contribution >= 0.6 is 0 Å². The van der Waals surface area contributed by atoms with Crippen molar-refractivity contribution in [3.05, 3.63) is 126 Å². The minimum atomic E-state index is -0.492. The first-order valence-corrected chi connectivity index (χ1v) is 11.8. The van der Waals surface area contributed by atoms with Crippen molar-refractivity contribution in [2.45, 2.75) is 19.0 Å². The van der Waals surface area contributed by atoms with Gasteiger partial charge in [-0.2, -0.15) is 0 Å². The van der Waals surface area contributed by atoms with Crippen LogP contribution in [0.5, 0.6) is 5.75 Å². The minimum Gasteiger partial charge on any atom is -0.495 e. The predicted octanol–water partition coefficient (Wildman–Crippen LogP) is 5.65. The van der Waals surface area contributed by atoms with Crippen molar-refractivity contribution in [1.29, 1.82) is 0 Å². The summed E-state index contributed by atoms with van der Waals surface area (Å²) in [5.41, 5.74) is 3.85. The summed E-state index contributed by atoms with van der Waals surface area (Å²) in [5, 5.41) is 9.24. The van der Waals surface area contributed by atoms with Crippen LogP contribution in [0.25, 0.3) is 0 Å². The van der Waals surface area contributed by atoms with Gasteiger partial charge in [0.1, 0.15) is 11.8 Å². The highest BCUT2D eigenvalue weighted by molar-refractivity contribution is 6.05. The zero-order chi connectivity index (χ0) is 25.3. The van der Waals surface area contributed by atoms with Crippen molar-refractivity contribution in [1.82, 2.24) is 5.32 Å². The Bertz CT molecular complexity index is 1250. The second-order valence-corrected chi connectivity index (χ2v) is 8.36. The van der Waals surface area contributed by atoms with Gasteiger partial charge in [0.25, 0.3) is 5.91 Å². The van der Waals surface area contributed by atoms with E-state index < -0.39 is 6.04 Å². The lowest BCUT2D eigenvalue weighted by Gasteiger charge is -2.23. The first-order chi connectivity index (χ1) is 17.5. The second-order valence-electron chi connectivity index (χ2n) is 8.36. The molecule has 4 aromatic carbocycles. The van der Waals surface area contributed by atoms with E-state index >= 15 is 0 Å². The fourth-order valence-corrected chi connectivity index (χ4v) is 3.89. The maximum absolute atomic E-state index is 13.1. The van der Waals surface area contributed by atoms with E-state index in [1.54, 1.807) is 43.5 Å². The molecule has 182 valence electrons. The molecule has 0 saturated carbocycles. The van der Waals surface area contributed by atoms with E-state index in [1.807, 2.05) is 79.7 Å². The van der Waals surface area contributed by atoms with Gasteiger partial charge in [0.2, 0.25) is 5.91 Å². The second kappa shape index (κ2) is 11.7. The SMILES string of the molecule is COc1ccccc1NC(=O)c1ccc(N[C@H](C)C(=O)NC(c2ccccc2)c2ccccc2)cc1. The smallest absolute Gasteiger partial charge is 0.255 e. The summed E-state index contributed by atoms with van der Waals surface area (Å²) >= 11 is 0. The largest absolute Gasteiger partial charge is 0.495 e. The third kappa shape index (κ3) is 6.10. The van der Waals surface area contributed by atoms with Crippen LogP contribution in [0.2, 0.25) is 0 Å². The van der Waals surface area contributed by atoms with Crippen molar-refractivity contribution in [3.8, 4) is 5.75 Å². The van der Waals surface area contributed by atoms with Crippen molar-refractivity contribution >= 4 is 23.2 Å². The predicted molar refractivity (Wildman–Crippen MR) is 143 cm³/mol. The molecule has 0 unspecified atom stereocenters. The number of hydrogen-bond acceptors (Lipinski definition) is 4. The number of nitrogens with one attached hydrogen (secondary N) is 3. The quantitative estimate of drug-likeness (QED) is 0.290. The van der Waals surface area contributed by atoms with E-state index in [0.717, 1.165) is 16.8 Å². The Balaban J connectivity index is 1.40. The van der Waals surface area contributed by atoms with Crippen LogP contribution in [0.15, 0.2) is 109 Å². The Kier molecular flexibility index (Phi) is 7.98. The van der Waals surface area contributed by atoms with Crippen LogP contribution < -0.4 is 20.7 Å². The standard InChI is InChI=1S/C30H29N3O3/c1-21(29(34)33-28(22-11-5-3-6-12-22)23-13-7-4-8-14-23)31-25-19-17-24(18-20-25)30(35)32-26-15-9-10-16-27(26)36-2/h3-21,28,31H,1-2H3,(H,32,35)(H,33,34)/t21-/m1/s1. The maximum atomic E-state index is 13.1. The summed E-state index contributed by atoms with van der Waals surface area (Å²) in [5.74, 6) is 0.212. The van der Waals surface area contributed by atoms with Crippen LogP contribution in [0.4, 0.5) is 11.4 Å². The Morgan fingerprint density at radius 2 is 1.28 bits per heavy atom. The summed E-state index contributed by atoms with van der Waals surface area (Å²) in [6, 6.07) is 33.3. The Labute approximate surface area is 211 Å². The molecule has 0 aromatic heterocycles. The van der Waals surface area contributed by atoms with Crippen LogP contribution in [0, 0.1) is 0 Å². The zero-order valence-corrected chi connectivity index (χ0v) is 20.3. The average molecular weight is 480 g/mol. The molecule has 0 aliphatic heterocycles. The van der Waals surface area contributed by atoms with E-state index in [4.69, 9.17) is 4.74 Å². The summed E-state index contributed by atoms with van der Waals surface area (Å²) < 4.78 is 5.29. The first kappa shape index (κ1) is 24.5. The van der Waals surface area contributed by atoms with Gasteiger partial charge in [0, 0.05) is 11.3 Å². The number of benzene rings is 4. The van der Waals surface area contributed by atoms with Crippen molar-refractivity contribution in [2.24, 2.45) is 0 Å². The van der Waals surface area contributed by atoms with Gasteiger partial charge in [0.05, 0.1) is 18.8 Å². The molecule has 0 aliphatic carbocycles. The van der Waals surface area contributed by atoms with Crippen molar-refractivity contribution in [2.75, 3.05) is 17.7 Å². The van der Waals surface area contributed by atoms with Gasteiger partial charge in [-0.3, -0.25) is 9.59 Å². The molecule has 0 aliphatic rings. The van der Waals surface area contributed by atoms with Crippen LogP contribution in [-0.4, -0.2) is 25.0 Å². The molecule has 4 rings (SSSR count). The number of carbonyl (C=O) groups is 2. The lowest BCUT2D eigenvalue weighted by Crippen LogP contribution is -2.40. The van der Waals surface area contributed by atoms with E-state index in [-0.39, 0.29) is 17.9 Å². The molecule has 0 spiro atoms. The van der Waals surface area contributed by atoms with Crippen molar-refractivity contribution < 1.29 is 14.3 Å². The zero-order valence-electron chi connectivity index (χ0n) is 20.3. The molecule has 0 fully saturated rings. The van der Waals surface area contributed by atoms with Crippen molar-refractivity contribution in [3.63, 3.8) is 0 Å². The van der Waals surface area contributed by atoms with E-state index in [0.29, 0.717) is 17.0 Å². The van der Waals surface area contributed by atoms with Gasteiger partial charge in [-0.05, 0) is 54.4 Å². The molecule has 0 saturated heterocycles. The number of methoxy groups -OCH3 is 1. The summed E-state index contributed by atoms with van der Waals surface area (Å²) in [7, 11) is 1.56. The maximum Gasteiger partial charge on any atom is 0.255 e. The number of ether oxygens (including phenoxy) is 1. The van der Waals surface area contributed by atoms with E-state index in [1.165, 1.54) is 0 Å². The van der Waals surface area contributed by atoms with Gasteiger partial charge in [-0.1, -0.05) is 72.8 Å². The summed E-state index contributed by atoms with van der Waals surface area (Å²) in [6.07, 6.45) is 0. The van der Waals surface area contributed by atoms with Gasteiger partial charge in [-0.25, -0.2) is 0 Å². The molecule has 6 heteroatoms. The molecular formula is C30H29N3O3. The van der Waals surface area contributed by atoms with Gasteiger partial charge < -0.3 is 20.7 Å². The van der Waals surface area contributed by atoms with E-state index in [9.17, 15) is 9.59 Å². The Morgan fingerprint density at radius 1 is 0.722 bits per heavy atom. The topological polar surface area (TPSA) is 79.5 Å². The molecule has 6 nitrogen and oxygen atoms in total. The highest BCUT2D eigenvalue weighted by Crippen LogP contribution is 2.24. The van der Waals surface area contributed by atoms with Gasteiger partial charge >= 0.3 is 0 Å². The molecule has 36 heavy (non-hydrogen) atoms. The first-order valence-electron chi connectivity index (χ1n) is 11.8. The lowest BCUT2D eigenvalue weighted by atomic mass is 9.98. The molecular weight excluding hydrogens is 450 g/mol. The highest BCUT2D eigenvalue weighted by atomic mass is 16.5. The average Bonchev–Trinajstić information content (AvgIpc) is 2.93. The number of rotatable bonds is 9. The summed E-state index contributed by atoms with van der Waals surface area (Å²) in [6.45, 7) is 1.81. The molecule has 1 atom stereocenters. The normalized spacial score (nSPS) is 11.4. The fourth-order valence-electron chi connectivity index (χ4n) is 3.89. The molecule has 0 bridgehead atoms. The molecule has 4 aromatic rings. The fraction of sp³-hybridized carbons (Fsp3) is 0.133. The third-order valence-electron chi connectivity index (χ3n) is 5.83. The Hall–Kier alpha value is -4.58. The number of para-hydroxylation sites is 2. The van der Waals surface area contributed by atoms with E-state index in [2.05, 4.69) is 16.0 Å². The number of carbonyl (C=O) groups excluding carboxylic acids is 2. The Morgan fingerprint density at radius 3 is 1.86 bits per heavy atom. The number of anilines is 2. The lowest BCUT2D eigenvalue weighted by molar-refractivity contribution is -0.122. The third-order valence-corrected chi connectivity index (χ3v) is 5.83. The molecule has 3 N–H and O–H groups in total. The highest BCUT2D eigenvalue weighted by Gasteiger charge is 2.20. The van der Waals surface area contributed by atoms with Crippen LogP contribution in [0.1, 0.15) is 34.5 Å². The number of amides is 2. The minimum absolute atomic E-state index is 0.134. The van der Waals surface area contributed by atoms with Crippen LogP contribution in [-0.2, 0) is 4.79 Å². The van der Waals surface area contributed by atoms with Gasteiger partial charge in [-0.15, -0.1) is 0 Å². The van der Waals surface area contributed by atoms with Gasteiger partial charge in [0.15, 0.2) is 0 Å². The molecule has 2 amide bonds. The number of hydrogen-bond donors (Lipinski definition) is 3. The van der Waals surface area contributed by atoms with Crippen LogP contribution in [0.3, 0.4) is 0 Å². The summed E-state index contributed by atoms with van der Waals surface area (Å²) in [4.78, 5) is 25.8. The molecule has 0 heterocycles. The monoisotopic (exact) mass is 479 g/mol. The molecule has 0 radical (unpaired) electrons.